The van der Waals surface area contributed by atoms with E-state index in [0.29, 0.717) is 12.3 Å². The van der Waals surface area contributed by atoms with Crippen LogP contribution in [0.4, 0.5) is 0 Å². The Hall–Kier alpha value is -0.260. The van der Waals surface area contributed by atoms with Crippen LogP contribution < -0.4 is 11.5 Å². The second kappa shape index (κ2) is 6.45. The average molecular weight is 178 g/mol. The Balaban J connectivity index is 3.17. The minimum absolute atomic E-state index is 0.468. The Morgan fingerprint density at radius 1 is 1.64 bits per heavy atom. The summed E-state index contributed by atoms with van der Waals surface area (Å²) in [6, 6.07) is -0.738. The molecule has 0 spiro atoms. The maximum Gasteiger partial charge on any atom is 0.321 e. The van der Waals surface area contributed by atoms with Crippen LogP contribution in [0.25, 0.3) is 0 Å². The molecule has 0 rings (SSSR count). The zero-order chi connectivity index (χ0) is 8.69. The van der Waals surface area contributed by atoms with Gasteiger partial charge in [0, 0.05) is 5.75 Å². The van der Waals surface area contributed by atoms with Crippen LogP contribution in [0.3, 0.4) is 0 Å². The lowest BCUT2D eigenvalue weighted by atomic mass is 10.4. The molecule has 0 saturated carbocycles. The number of hydrogen-bond acceptors (Lipinski definition) is 4. The highest BCUT2D eigenvalue weighted by molar-refractivity contribution is 7.99. The molecule has 0 amide bonds. The summed E-state index contributed by atoms with van der Waals surface area (Å²) in [7, 11) is 0. The Kier molecular flexibility index (Phi) is 6.30. The molecule has 5 N–H and O–H groups in total. The minimum atomic E-state index is -0.940. The molecular weight excluding hydrogens is 164 g/mol. The summed E-state index contributed by atoms with van der Waals surface area (Å²) in [6.45, 7) is 0.648. The van der Waals surface area contributed by atoms with Crippen molar-refractivity contribution < 1.29 is 9.90 Å². The van der Waals surface area contributed by atoms with Crippen molar-refractivity contribution in [3.8, 4) is 0 Å². The van der Waals surface area contributed by atoms with Crippen LogP contribution in [0, 0.1) is 0 Å². The molecule has 0 aliphatic carbocycles. The number of thioether (sulfide) groups is 1. The Morgan fingerprint density at radius 3 is 2.73 bits per heavy atom. The summed E-state index contributed by atoms with van der Waals surface area (Å²) < 4.78 is 0. The van der Waals surface area contributed by atoms with Gasteiger partial charge in [-0.3, -0.25) is 4.79 Å². The molecule has 0 unspecified atom stereocenters. The highest BCUT2D eigenvalue weighted by Gasteiger charge is 2.09. The number of carboxylic acids is 1. The molecule has 0 fully saturated rings. The monoisotopic (exact) mass is 178 g/mol. The topological polar surface area (TPSA) is 89.3 Å². The van der Waals surface area contributed by atoms with Gasteiger partial charge < -0.3 is 16.6 Å². The van der Waals surface area contributed by atoms with Gasteiger partial charge in [0.05, 0.1) is 0 Å². The minimum Gasteiger partial charge on any atom is -0.480 e. The molecular formula is C6H14N2O2S. The zero-order valence-corrected chi connectivity index (χ0v) is 7.14. The fraction of sp³-hybridized carbons (Fsp3) is 0.833. The Morgan fingerprint density at radius 2 is 2.27 bits per heavy atom. The van der Waals surface area contributed by atoms with E-state index in [-0.39, 0.29) is 0 Å². The van der Waals surface area contributed by atoms with Gasteiger partial charge in [0.15, 0.2) is 0 Å². The predicted octanol–water partition coefficient (Wildman–Crippen LogP) is -0.520. The van der Waals surface area contributed by atoms with Crippen molar-refractivity contribution in [2.45, 2.75) is 12.5 Å². The summed E-state index contributed by atoms with van der Waals surface area (Å²) in [4.78, 5) is 10.2. The molecule has 66 valence electrons. The van der Waals surface area contributed by atoms with Gasteiger partial charge in [0.25, 0.3) is 0 Å². The standard InChI is InChI=1S/C6H14N2O2S/c7-2-1-3-11-4-5(8)6(9)10/h5H,1-4,7-8H2,(H,9,10)/t5-/m1/s1. The van der Waals surface area contributed by atoms with E-state index in [2.05, 4.69) is 0 Å². The van der Waals surface area contributed by atoms with Gasteiger partial charge in [0.2, 0.25) is 0 Å². The van der Waals surface area contributed by atoms with E-state index < -0.39 is 12.0 Å². The second-order valence-electron chi connectivity index (χ2n) is 2.16. The van der Waals surface area contributed by atoms with E-state index in [1.54, 1.807) is 0 Å². The van der Waals surface area contributed by atoms with E-state index in [0.717, 1.165) is 12.2 Å². The maximum atomic E-state index is 10.2. The maximum absolute atomic E-state index is 10.2. The number of hydrogen-bond donors (Lipinski definition) is 3. The number of aliphatic carboxylic acids is 1. The van der Waals surface area contributed by atoms with Crippen LogP contribution in [0.15, 0.2) is 0 Å². The van der Waals surface area contributed by atoms with Crippen molar-refractivity contribution >= 4 is 17.7 Å². The highest BCUT2D eigenvalue weighted by atomic mass is 32.2. The van der Waals surface area contributed by atoms with Crippen molar-refractivity contribution in [3.05, 3.63) is 0 Å². The van der Waals surface area contributed by atoms with E-state index in [1.165, 1.54) is 11.8 Å². The van der Waals surface area contributed by atoms with Crippen LogP contribution in [0.2, 0.25) is 0 Å². The smallest absolute Gasteiger partial charge is 0.321 e. The van der Waals surface area contributed by atoms with Gasteiger partial charge in [-0.05, 0) is 18.7 Å². The third kappa shape index (κ3) is 6.15. The first-order chi connectivity index (χ1) is 5.18. The second-order valence-corrected chi connectivity index (χ2v) is 3.31. The Bertz CT molecular complexity index is 121. The van der Waals surface area contributed by atoms with Crippen molar-refractivity contribution in [1.82, 2.24) is 0 Å². The first-order valence-electron chi connectivity index (χ1n) is 3.44. The SMILES string of the molecule is NCCCSC[C@@H](N)C(=O)O. The number of carbonyl (C=O) groups is 1. The number of nitrogens with two attached hydrogens (primary N) is 2. The van der Waals surface area contributed by atoms with Gasteiger partial charge in [-0.15, -0.1) is 0 Å². The molecule has 11 heavy (non-hydrogen) atoms. The average Bonchev–Trinajstić information content (AvgIpc) is 1.97. The molecule has 0 aliphatic rings. The molecule has 0 aromatic heterocycles. The fourth-order valence-corrected chi connectivity index (χ4v) is 1.40. The summed E-state index contributed by atoms with van der Waals surface area (Å²) in [5, 5.41) is 8.38. The normalized spacial score (nSPS) is 12.9. The first kappa shape index (κ1) is 10.7. The largest absolute Gasteiger partial charge is 0.480 e. The lowest BCUT2D eigenvalue weighted by Crippen LogP contribution is -2.32. The molecule has 0 saturated heterocycles. The van der Waals surface area contributed by atoms with Gasteiger partial charge >= 0.3 is 5.97 Å². The third-order valence-electron chi connectivity index (χ3n) is 1.11. The van der Waals surface area contributed by atoms with Gasteiger partial charge in [0.1, 0.15) is 6.04 Å². The Labute approximate surface area is 70.3 Å². The zero-order valence-electron chi connectivity index (χ0n) is 6.32. The molecule has 0 heterocycles. The van der Waals surface area contributed by atoms with Gasteiger partial charge in [-0.25, -0.2) is 0 Å². The van der Waals surface area contributed by atoms with Crippen LogP contribution in [0.5, 0.6) is 0 Å². The fourth-order valence-electron chi connectivity index (χ4n) is 0.467. The first-order valence-corrected chi connectivity index (χ1v) is 4.60. The van der Waals surface area contributed by atoms with E-state index in [9.17, 15) is 4.79 Å². The van der Waals surface area contributed by atoms with Crippen molar-refractivity contribution in [2.24, 2.45) is 11.5 Å². The summed E-state index contributed by atoms with van der Waals surface area (Å²) in [6.07, 6.45) is 0.914. The van der Waals surface area contributed by atoms with E-state index in [4.69, 9.17) is 16.6 Å². The number of rotatable bonds is 6. The number of carboxylic acid groups (broad SMARTS) is 1. The molecule has 5 heteroatoms. The van der Waals surface area contributed by atoms with Crippen LogP contribution in [-0.2, 0) is 4.79 Å². The van der Waals surface area contributed by atoms with E-state index >= 15 is 0 Å². The predicted molar refractivity (Wildman–Crippen MR) is 46.6 cm³/mol. The van der Waals surface area contributed by atoms with Crippen LogP contribution >= 0.6 is 11.8 Å². The lowest BCUT2D eigenvalue weighted by molar-refractivity contribution is -0.137. The molecule has 0 aliphatic heterocycles. The van der Waals surface area contributed by atoms with Gasteiger partial charge in [-0.1, -0.05) is 0 Å². The third-order valence-corrected chi connectivity index (χ3v) is 2.28. The summed E-state index contributed by atoms with van der Waals surface area (Å²) in [5.74, 6) is 0.414. The van der Waals surface area contributed by atoms with E-state index in [1.807, 2.05) is 0 Å². The molecule has 0 aromatic carbocycles. The lowest BCUT2D eigenvalue weighted by Gasteiger charge is -2.04. The molecule has 4 nitrogen and oxygen atoms in total. The van der Waals surface area contributed by atoms with Crippen molar-refractivity contribution in [3.63, 3.8) is 0 Å². The molecule has 0 bridgehead atoms. The van der Waals surface area contributed by atoms with Crippen molar-refractivity contribution in [2.75, 3.05) is 18.1 Å². The quantitative estimate of drug-likeness (QED) is 0.476. The van der Waals surface area contributed by atoms with Crippen LogP contribution in [0.1, 0.15) is 6.42 Å². The van der Waals surface area contributed by atoms with Crippen molar-refractivity contribution in [1.29, 1.82) is 0 Å². The van der Waals surface area contributed by atoms with Crippen LogP contribution in [-0.4, -0.2) is 35.2 Å². The summed E-state index contributed by atoms with van der Waals surface area (Å²) in [5.41, 5.74) is 10.5. The summed E-state index contributed by atoms with van der Waals surface area (Å²) >= 11 is 1.53. The molecule has 0 aromatic rings. The highest BCUT2D eigenvalue weighted by Crippen LogP contribution is 2.02. The molecule has 0 radical (unpaired) electrons. The molecule has 1 atom stereocenters. The van der Waals surface area contributed by atoms with Gasteiger partial charge in [-0.2, -0.15) is 11.8 Å².